The van der Waals surface area contributed by atoms with Crippen molar-refractivity contribution in [3.8, 4) is 5.75 Å². The molecule has 1 aliphatic heterocycles. The van der Waals surface area contributed by atoms with Crippen LogP contribution in [-0.4, -0.2) is 46.8 Å². The molecule has 22 heavy (non-hydrogen) atoms. The molecule has 0 unspecified atom stereocenters. The lowest BCUT2D eigenvalue weighted by Gasteiger charge is -2.30. The molecule has 5 heteroatoms. The highest BCUT2D eigenvalue weighted by molar-refractivity contribution is 5.50. The van der Waals surface area contributed by atoms with Gasteiger partial charge in [0.15, 0.2) is 0 Å². The van der Waals surface area contributed by atoms with Gasteiger partial charge in [0, 0.05) is 19.0 Å². The van der Waals surface area contributed by atoms with Crippen molar-refractivity contribution in [2.24, 2.45) is 0 Å². The van der Waals surface area contributed by atoms with Gasteiger partial charge >= 0.3 is 0 Å². The van der Waals surface area contributed by atoms with Gasteiger partial charge in [0.2, 0.25) is 0 Å². The summed E-state index contributed by atoms with van der Waals surface area (Å²) in [6.45, 7) is 3.16. The second kappa shape index (κ2) is 7.22. The molecular formula is C17H22N4O. The van der Waals surface area contributed by atoms with Gasteiger partial charge in [-0.3, -0.25) is 10.00 Å². The molecule has 1 N–H and O–H groups in total. The van der Waals surface area contributed by atoms with Crippen molar-refractivity contribution in [2.75, 3.05) is 26.7 Å². The van der Waals surface area contributed by atoms with Crippen molar-refractivity contribution >= 4 is 6.08 Å². The average molecular weight is 298 g/mol. The summed E-state index contributed by atoms with van der Waals surface area (Å²) in [4.78, 5) is 6.76. The second-order valence-corrected chi connectivity index (χ2v) is 5.64. The molecule has 0 amide bonds. The molecule has 0 saturated carbocycles. The lowest BCUT2D eigenvalue weighted by atomic mass is 9.97. The first-order valence-corrected chi connectivity index (χ1v) is 7.73. The van der Waals surface area contributed by atoms with Crippen LogP contribution in [0, 0.1) is 0 Å². The number of aromatic nitrogens is 3. The molecule has 5 nitrogen and oxygen atoms in total. The number of hydrogen-bond donors (Lipinski definition) is 1. The van der Waals surface area contributed by atoms with Gasteiger partial charge in [0.25, 0.3) is 0 Å². The fraction of sp³-hybridized carbons (Fsp3) is 0.412. The van der Waals surface area contributed by atoms with Crippen LogP contribution < -0.4 is 4.74 Å². The van der Waals surface area contributed by atoms with E-state index in [1.165, 1.54) is 18.4 Å². The zero-order valence-corrected chi connectivity index (χ0v) is 12.9. The standard InChI is InChI=1S/C17H22N4O/c1-22-16-8-6-14(7-9-16)4-2-10-21-11-3-5-15(12-21)17-18-13-19-20-17/h2,4,6-9,13,15H,3,5,10-12H2,1H3,(H,18,19,20)/b4-2+/t15-/m0/s1. The molecule has 3 rings (SSSR count). The first kappa shape index (κ1) is 14.8. The molecule has 0 spiro atoms. The van der Waals surface area contributed by atoms with Gasteiger partial charge in [0.05, 0.1) is 7.11 Å². The van der Waals surface area contributed by atoms with E-state index in [0.29, 0.717) is 5.92 Å². The molecule has 1 fully saturated rings. The van der Waals surface area contributed by atoms with Gasteiger partial charge < -0.3 is 4.74 Å². The number of aromatic amines is 1. The Bertz CT molecular complexity index is 592. The molecule has 0 bridgehead atoms. The summed E-state index contributed by atoms with van der Waals surface area (Å²) >= 11 is 0. The van der Waals surface area contributed by atoms with Gasteiger partial charge in [-0.25, -0.2) is 4.98 Å². The minimum atomic E-state index is 0.477. The fourth-order valence-corrected chi connectivity index (χ4v) is 2.91. The van der Waals surface area contributed by atoms with Gasteiger partial charge in [-0.05, 0) is 37.1 Å². The van der Waals surface area contributed by atoms with E-state index < -0.39 is 0 Å². The van der Waals surface area contributed by atoms with Crippen molar-refractivity contribution in [1.82, 2.24) is 20.1 Å². The van der Waals surface area contributed by atoms with E-state index >= 15 is 0 Å². The largest absolute Gasteiger partial charge is 0.497 e. The van der Waals surface area contributed by atoms with Crippen LogP contribution in [0.25, 0.3) is 6.08 Å². The van der Waals surface area contributed by atoms with E-state index in [0.717, 1.165) is 31.2 Å². The van der Waals surface area contributed by atoms with Crippen LogP contribution in [-0.2, 0) is 0 Å². The lowest BCUT2D eigenvalue weighted by molar-refractivity contribution is 0.224. The van der Waals surface area contributed by atoms with Crippen LogP contribution in [0.4, 0.5) is 0 Å². The number of piperidine rings is 1. The number of likely N-dealkylation sites (tertiary alicyclic amines) is 1. The summed E-state index contributed by atoms with van der Waals surface area (Å²) in [6, 6.07) is 8.12. The van der Waals surface area contributed by atoms with Crippen molar-refractivity contribution in [3.05, 3.63) is 48.1 Å². The van der Waals surface area contributed by atoms with Crippen LogP contribution in [0.5, 0.6) is 5.75 Å². The molecule has 0 aliphatic carbocycles. The quantitative estimate of drug-likeness (QED) is 0.922. The second-order valence-electron chi connectivity index (χ2n) is 5.64. The van der Waals surface area contributed by atoms with Crippen molar-refractivity contribution in [2.45, 2.75) is 18.8 Å². The summed E-state index contributed by atoms with van der Waals surface area (Å²) in [7, 11) is 1.69. The van der Waals surface area contributed by atoms with Crippen molar-refractivity contribution in [3.63, 3.8) is 0 Å². The molecule has 2 aromatic rings. The molecule has 2 heterocycles. The van der Waals surface area contributed by atoms with Crippen LogP contribution in [0.1, 0.15) is 30.1 Å². The number of benzene rings is 1. The maximum Gasteiger partial charge on any atom is 0.137 e. The van der Waals surface area contributed by atoms with Crippen LogP contribution in [0.2, 0.25) is 0 Å². The third-order valence-electron chi connectivity index (χ3n) is 4.12. The SMILES string of the molecule is COc1ccc(/C=C/CN2CCC[C@H](c3ncn[nH]3)C2)cc1. The Hall–Kier alpha value is -2.14. The first-order valence-electron chi connectivity index (χ1n) is 7.73. The van der Waals surface area contributed by atoms with Crippen molar-refractivity contribution < 1.29 is 4.74 Å². The molecule has 1 aromatic carbocycles. The Morgan fingerprint density at radius 1 is 1.36 bits per heavy atom. The van der Waals surface area contributed by atoms with Crippen molar-refractivity contribution in [1.29, 1.82) is 0 Å². The molecule has 1 aliphatic rings. The Morgan fingerprint density at radius 2 is 2.23 bits per heavy atom. The summed E-state index contributed by atoms with van der Waals surface area (Å²) in [5, 5.41) is 6.96. The number of methoxy groups -OCH3 is 1. The summed E-state index contributed by atoms with van der Waals surface area (Å²) in [5.41, 5.74) is 1.20. The average Bonchev–Trinajstić information content (AvgIpc) is 3.10. The Kier molecular flexibility index (Phi) is 4.85. The van der Waals surface area contributed by atoms with E-state index in [1.54, 1.807) is 13.4 Å². The van der Waals surface area contributed by atoms with E-state index in [9.17, 15) is 0 Å². The van der Waals surface area contributed by atoms with Gasteiger partial charge in [-0.2, -0.15) is 5.10 Å². The van der Waals surface area contributed by atoms with Gasteiger partial charge in [-0.15, -0.1) is 0 Å². The highest BCUT2D eigenvalue weighted by atomic mass is 16.5. The highest BCUT2D eigenvalue weighted by Crippen LogP contribution is 2.23. The maximum absolute atomic E-state index is 5.17. The number of nitrogens with one attached hydrogen (secondary N) is 1. The van der Waals surface area contributed by atoms with E-state index in [1.807, 2.05) is 12.1 Å². The van der Waals surface area contributed by atoms with Gasteiger partial charge in [-0.1, -0.05) is 24.3 Å². The molecule has 1 aromatic heterocycles. The monoisotopic (exact) mass is 298 g/mol. The number of H-pyrrole nitrogens is 1. The molecular weight excluding hydrogens is 276 g/mol. The predicted molar refractivity (Wildman–Crippen MR) is 86.8 cm³/mol. The number of nitrogens with zero attached hydrogens (tertiary/aromatic N) is 3. The molecule has 1 saturated heterocycles. The molecule has 116 valence electrons. The topological polar surface area (TPSA) is 54.0 Å². The van der Waals surface area contributed by atoms with Crippen LogP contribution >= 0.6 is 0 Å². The van der Waals surface area contributed by atoms with E-state index in [4.69, 9.17) is 4.74 Å². The third kappa shape index (κ3) is 3.74. The number of rotatable bonds is 5. The smallest absolute Gasteiger partial charge is 0.137 e. The summed E-state index contributed by atoms with van der Waals surface area (Å²) in [6.07, 6.45) is 8.38. The molecule has 1 atom stereocenters. The highest BCUT2D eigenvalue weighted by Gasteiger charge is 2.22. The first-order chi connectivity index (χ1) is 10.8. The van der Waals surface area contributed by atoms with Gasteiger partial charge in [0.1, 0.15) is 17.9 Å². The van der Waals surface area contributed by atoms with Crippen LogP contribution in [0.3, 0.4) is 0 Å². The van der Waals surface area contributed by atoms with E-state index in [-0.39, 0.29) is 0 Å². The van der Waals surface area contributed by atoms with E-state index in [2.05, 4.69) is 44.4 Å². The normalized spacial score (nSPS) is 19.6. The lowest BCUT2D eigenvalue weighted by Crippen LogP contribution is -2.34. The minimum absolute atomic E-state index is 0.477. The molecule has 0 radical (unpaired) electrons. The minimum Gasteiger partial charge on any atom is -0.497 e. The zero-order valence-electron chi connectivity index (χ0n) is 12.9. The zero-order chi connectivity index (χ0) is 15.2. The number of hydrogen-bond acceptors (Lipinski definition) is 4. The summed E-state index contributed by atoms with van der Waals surface area (Å²) < 4.78 is 5.17. The Morgan fingerprint density at radius 3 is 2.95 bits per heavy atom. The van der Waals surface area contributed by atoms with Crippen LogP contribution in [0.15, 0.2) is 36.7 Å². The fourth-order valence-electron chi connectivity index (χ4n) is 2.91. The summed E-state index contributed by atoms with van der Waals surface area (Å²) in [5.74, 6) is 2.39. The number of ether oxygens (including phenoxy) is 1. The third-order valence-corrected chi connectivity index (χ3v) is 4.12. The Balaban J connectivity index is 1.53. The maximum atomic E-state index is 5.17. The predicted octanol–water partition coefficient (Wildman–Crippen LogP) is 2.71. The Labute approximate surface area is 131 Å².